The first-order valence-corrected chi connectivity index (χ1v) is 9.78. The summed E-state index contributed by atoms with van der Waals surface area (Å²) in [5, 5.41) is 10.7. The van der Waals surface area contributed by atoms with Crippen LogP contribution in [0.5, 0.6) is 5.75 Å². The number of hydrogen-bond donors (Lipinski definition) is 2. The molecule has 0 spiro atoms. The molecule has 1 aromatic heterocycles. The second kappa shape index (κ2) is 11.5. The average Bonchev–Trinajstić information content (AvgIpc) is 3.11. The second-order valence-corrected chi connectivity index (χ2v) is 6.73. The number of rotatable bonds is 11. The summed E-state index contributed by atoms with van der Waals surface area (Å²) in [5.41, 5.74) is 0. The third-order valence-electron chi connectivity index (χ3n) is 3.22. The molecular formula is C17H21ClN4O4S. The number of hydrogen-bond acceptors (Lipinski definition) is 7. The van der Waals surface area contributed by atoms with E-state index in [2.05, 4.69) is 20.5 Å². The number of benzene rings is 1. The van der Waals surface area contributed by atoms with Gasteiger partial charge in [0.1, 0.15) is 12.4 Å². The maximum absolute atomic E-state index is 11.8. The Morgan fingerprint density at radius 2 is 2.07 bits per heavy atom. The Labute approximate surface area is 166 Å². The molecule has 0 atom stereocenters. The van der Waals surface area contributed by atoms with Crippen LogP contribution in [0.4, 0.5) is 0 Å². The van der Waals surface area contributed by atoms with Gasteiger partial charge in [0, 0.05) is 18.0 Å². The van der Waals surface area contributed by atoms with Crippen molar-refractivity contribution in [3.05, 3.63) is 35.1 Å². The number of thioether (sulfide) groups is 1. The minimum absolute atomic E-state index is 0.146. The summed E-state index contributed by atoms with van der Waals surface area (Å²) < 4.78 is 10.4. The van der Waals surface area contributed by atoms with Crippen molar-refractivity contribution in [2.45, 2.75) is 31.5 Å². The first-order valence-electron chi connectivity index (χ1n) is 8.41. The largest absolute Gasteiger partial charge is 0.486 e. The van der Waals surface area contributed by atoms with Crippen molar-refractivity contribution in [2.75, 3.05) is 18.9 Å². The molecule has 1 aromatic carbocycles. The maximum Gasteiger partial charge on any atom is 0.305 e. The average molecular weight is 413 g/mol. The standard InChI is InChI=1S/C17H21ClN4O4S/c1-2-25-16(24)4-3-9-19-15(23)11-27-17-20-14(21-22-17)10-26-13-7-5-12(18)6-8-13/h5-8H,2-4,9-11H2,1H3,(H,19,23)(H,20,21,22). The lowest BCUT2D eigenvalue weighted by atomic mass is 10.3. The minimum atomic E-state index is -0.254. The molecule has 2 N–H and O–H groups in total. The van der Waals surface area contributed by atoms with Crippen LogP contribution in [0, 0.1) is 0 Å². The lowest BCUT2D eigenvalue weighted by Crippen LogP contribution is -2.26. The van der Waals surface area contributed by atoms with Crippen LogP contribution in [0.25, 0.3) is 0 Å². The van der Waals surface area contributed by atoms with Gasteiger partial charge in [-0.3, -0.25) is 14.7 Å². The number of H-pyrrole nitrogens is 1. The van der Waals surface area contributed by atoms with Crippen molar-refractivity contribution in [1.29, 1.82) is 0 Å². The van der Waals surface area contributed by atoms with E-state index in [1.807, 2.05) is 0 Å². The zero-order valence-corrected chi connectivity index (χ0v) is 16.4. The van der Waals surface area contributed by atoms with Gasteiger partial charge >= 0.3 is 5.97 Å². The Balaban J connectivity index is 1.63. The molecule has 1 amide bonds. The summed E-state index contributed by atoms with van der Waals surface area (Å²) in [6.45, 7) is 2.78. The molecule has 146 valence electrons. The first-order chi connectivity index (χ1) is 13.1. The second-order valence-electron chi connectivity index (χ2n) is 5.35. The number of amides is 1. The van der Waals surface area contributed by atoms with Crippen molar-refractivity contribution >= 4 is 35.2 Å². The van der Waals surface area contributed by atoms with Crippen LogP contribution < -0.4 is 10.1 Å². The van der Waals surface area contributed by atoms with E-state index >= 15 is 0 Å². The number of carbonyl (C=O) groups excluding carboxylic acids is 2. The normalized spacial score (nSPS) is 10.4. The van der Waals surface area contributed by atoms with Gasteiger partial charge in [-0.2, -0.15) is 0 Å². The van der Waals surface area contributed by atoms with Crippen LogP contribution in [-0.4, -0.2) is 46.0 Å². The third-order valence-corrected chi connectivity index (χ3v) is 4.32. The predicted molar refractivity (Wildman–Crippen MR) is 102 cm³/mol. The Morgan fingerprint density at radius 1 is 1.30 bits per heavy atom. The molecule has 0 saturated carbocycles. The Bertz CT molecular complexity index is 739. The number of carbonyl (C=O) groups is 2. The molecule has 0 radical (unpaired) electrons. The molecular weight excluding hydrogens is 392 g/mol. The summed E-state index contributed by atoms with van der Waals surface area (Å²) >= 11 is 7.03. The summed E-state index contributed by atoms with van der Waals surface area (Å²) in [7, 11) is 0. The van der Waals surface area contributed by atoms with Crippen molar-refractivity contribution in [3.63, 3.8) is 0 Å². The number of ether oxygens (including phenoxy) is 2. The number of halogens is 1. The highest BCUT2D eigenvalue weighted by Gasteiger charge is 2.09. The third kappa shape index (κ3) is 8.31. The fourth-order valence-corrected chi connectivity index (χ4v) is 2.74. The van der Waals surface area contributed by atoms with Gasteiger partial charge in [-0.15, -0.1) is 5.10 Å². The molecule has 1 heterocycles. The number of esters is 1. The molecule has 8 nitrogen and oxygen atoms in total. The molecule has 0 aliphatic heterocycles. The van der Waals surface area contributed by atoms with Crippen LogP contribution in [0.1, 0.15) is 25.6 Å². The molecule has 27 heavy (non-hydrogen) atoms. The first kappa shape index (κ1) is 21.0. The van der Waals surface area contributed by atoms with Crippen molar-refractivity contribution in [2.24, 2.45) is 0 Å². The van der Waals surface area contributed by atoms with Gasteiger partial charge < -0.3 is 14.8 Å². The Kier molecular flexibility index (Phi) is 8.93. The Hall–Kier alpha value is -2.26. The number of aromatic amines is 1. The van der Waals surface area contributed by atoms with Crippen molar-refractivity contribution < 1.29 is 19.1 Å². The number of nitrogens with one attached hydrogen (secondary N) is 2. The maximum atomic E-state index is 11.8. The zero-order valence-electron chi connectivity index (χ0n) is 14.9. The lowest BCUT2D eigenvalue weighted by Gasteiger charge is -2.04. The van der Waals surface area contributed by atoms with Crippen LogP contribution in [0.15, 0.2) is 29.4 Å². The fraction of sp³-hybridized carbons (Fsp3) is 0.412. The molecule has 0 aliphatic carbocycles. The molecule has 0 fully saturated rings. The lowest BCUT2D eigenvalue weighted by molar-refractivity contribution is -0.143. The van der Waals surface area contributed by atoms with Gasteiger partial charge in [0.2, 0.25) is 11.1 Å². The smallest absolute Gasteiger partial charge is 0.305 e. The van der Waals surface area contributed by atoms with Crippen LogP contribution in [0.3, 0.4) is 0 Å². The van der Waals surface area contributed by atoms with Crippen LogP contribution in [-0.2, 0) is 20.9 Å². The van der Waals surface area contributed by atoms with E-state index in [1.165, 1.54) is 11.8 Å². The monoisotopic (exact) mass is 412 g/mol. The molecule has 10 heteroatoms. The van der Waals surface area contributed by atoms with Gasteiger partial charge in [-0.25, -0.2) is 4.98 Å². The van der Waals surface area contributed by atoms with Crippen LogP contribution in [0.2, 0.25) is 5.02 Å². The van der Waals surface area contributed by atoms with E-state index in [4.69, 9.17) is 21.1 Å². The van der Waals surface area contributed by atoms with E-state index in [-0.39, 0.29) is 24.2 Å². The van der Waals surface area contributed by atoms with Gasteiger partial charge in [-0.05, 0) is 37.6 Å². The number of aromatic nitrogens is 3. The summed E-state index contributed by atoms with van der Waals surface area (Å²) in [6.07, 6.45) is 0.835. The molecule has 0 saturated heterocycles. The van der Waals surface area contributed by atoms with E-state index in [1.54, 1.807) is 31.2 Å². The van der Waals surface area contributed by atoms with Crippen LogP contribution >= 0.6 is 23.4 Å². The van der Waals surface area contributed by atoms with Gasteiger partial charge in [0.15, 0.2) is 5.82 Å². The van der Waals surface area contributed by atoms with Gasteiger partial charge in [-0.1, -0.05) is 23.4 Å². The predicted octanol–water partition coefficient (Wildman–Crippen LogP) is 2.59. The number of nitrogens with zero attached hydrogens (tertiary/aromatic N) is 2. The van der Waals surface area contributed by atoms with Crippen molar-refractivity contribution in [3.8, 4) is 5.75 Å². The molecule has 2 rings (SSSR count). The highest BCUT2D eigenvalue weighted by atomic mass is 35.5. The topological polar surface area (TPSA) is 106 Å². The molecule has 2 aromatic rings. The zero-order chi connectivity index (χ0) is 19.5. The van der Waals surface area contributed by atoms with E-state index < -0.39 is 0 Å². The van der Waals surface area contributed by atoms with Gasteiger partial charge in [0.25, 0.3) is 0 Å². The van der Waals surface area contributed by atoms with Crippen molar-refractivity contribution in [1.82, 2.24) is 20.5 Å². The molecule has 0 unspecified atom stereocenters. The van der Waals surface area contributed by atoms with E-state index in [0.29, 0.717) is 47.7 Å². The highest BCUT2D eigenvalue weighted by Crippen LogP contribution is 2.17. The highest BCUT2D eigenvalue weighted by molar-refractivity contribution is 7.99. The minimum Gasteiger partial charge on any atom is -0.486 e. The van der Waals surface area contributed by atoms with E-state index in [9.17, 15) is 9.59 Å². The fourth-order valence-electron chi connectivity index (χ4n) is 1.96. The summed E-state index contributed by atoms with van der Waals surface area (Å²) in [5.74, 6) is 1.02. The Morgan fingerprint density at radius 3 is 2.81 bits per heavy atom. The van der Waals surface area contributed by atoms with E-state index in [0.717, 1.165) is 0 Å². The summed E-state index contributed by atoms with van der Waals surface area (Å²) in [4.78, 5) is 27.2. The van der Waals surface area contributed by atoms with Gasteiger partial charge in [0.05, 0.1) is 12.4 Å². The SMILES string of the molecule is CCOC(=O)CCCNC(=O)CSc1n[nH]c(COc2ccc(Cl)cc2)n1. The molecule has 0 aliphatic rings. The summed E-state index contributed by atoms with van der Waals surface area (Å²) in [6, 6.07) is 7.01. The molecule has 0 bridgehead atoms. The quantitative estimate of drug-likeness (QED) is 0.332.